The summed E-state index contributed by atoms with van der Waals surface area (Å²) in [5.41, 5.74) is 6.71. The van der Waals surface area contributed by atoms with Crippen LogP contribution in [0.5, 0.6) is 17.2 Å². The average Bonchev–Trinajstić information content (AvgIpc) is 3.37. The highest BCUT2D eigenvalue weighted by atomic mass is 16.5. The summed E-state index contributed by atoms with van der Waals surface area (Å²) in [4.78, 5) is 12.4. The van der Waals surface area contributed by atoms with E-state index in [-0.39, 0.29) is 12.5 Å². The van der Waals surface area contributed by atoms with Crippen molar-refractivity contribution in [1.29, 1.82) is 0 Å². The highest BCUT2D eigenvalue weighted by Crippen LogP contribution is 2.40. The van der Waals surface area contributed by atoms with Gasteiger partial charge in [-0.05, 0) is 18.2 Å². The van der Waals surface area contributed by atoms with E-state index >= 15 is 0 Å². The van der Waals surface area contributed by atoms with Gasteiger partial charge in [-0.25, -0.2) is 4.68 Å². The molecule has 0 radical (unpaired) electrons. The predicted octanol–water partition coefficient (Wildman–Crippen LogP) is 2.26. The van der Waals surface area contributed by atoms with Gasteiger partial charge >= 0.3 is 0 Å². The van der Waals surface area contributed by atoms with E-state index in [0.717, 1.165) is 5.56 Å². The van der Waals surface area contributed by atoms with Crippen LogP contribution in [0, 0.1) is 0 Å². The van der Waals surface area contributed by atoms with Crippen molar-refractivity contribution in [3.63, 3.8) is 0 Å². The molecule has 0 spiro atoms. The fraction of sp³-hybridized carbons (Fsp3) is 0.263. The number of methoxy groups -OCH3 is 3. The van der Waals surface area contributed by atoms with Crippen molar-refractivity contribution in [2.24, 2.45) is 5.73 Å². The normalized spacial score (nSPS) is 10.6. The molecule has 3 rings (SSSR count). The number of nitrogens with one attached hydrogen (secondary N) is 1. The molecule has 0 fully saturated rings. The molecule has 0 aliphatic heterocycles. The molecule has 2 aromatic heterocycles. The van der Waals surface area contributed by atoms with Crippen LogP contribution in [-0.2, 0) is 13.1 Å². The van der Waals surface area contributed by atoms with Gasteiger partial charge < -0.3 is 29.7 Å². The molecule has 9 nitrogen and oxygen atoms in total. The summed E-state index contributed by atoms with van der Waals surface area (Å²) in [5, 5.41) is 7.10. The standard InChI is InChI=1S/C19H22N4O5/c1-25-15-5-4-12(17(26-2)18(15)27-3)10-23-16(6-7-21-23)22-19(24)13-8-14(9-20)28-11-13/h4-8,11H,9-10,20H2,1-3H3,(H,22,24). The summed E-state index contributed by atoms with van der Waals surface area (Å²) in [5.74, 6) is 2.34. The minimum absolute atomic E-state index is 0.226. The number of nitrogens with two attached hydrogens (primary N) is 1. The number of rotatable bonds is 8. The number of furan rings is 1. The third-order valence-corrected chi connectivity index (χ3v) is 4.18. The van der Waals surface area contributed by atoms with Crippen LogP contribution in [-0.4, -0.2) is 37.0 Å². The third kappa shape index (κ3) is 3.79. The molecule has 0 saturated carbocycles. The van der Waals surface area contributed by atoms with E-state index in [0.29, 0.717) is 40.9 Å². The van der Waals surface area contributed by atoms with E-state index in [1.165, 1.54) is 6.26 Å². The Balaban J connectivity index is 1.84. The lowest BCUT2D eigenvalue weighted by atomic mass is 10.1. The predicted molar refractivity (Wildman–Crippen MR) is 102 cm³/mol. The average molecular weight is 386 g/mol. The summed E-state index contributed by atoms with van der Waals surface area (Å²) >= 11 is 0. The first-order chi connectivity index (χ1) is 13.6. The zero-order chi connectivity index (χ0) is 20.1. The maximum atomic E-state index is 12.4. The smallest absolute Gasteiger partial charge is 0.260 e. The molecule has 3 aromatic rings. The van der Waals surface area contributed by atoms with E-state index in [9.17, 15) is 4.79 Å². The third-order valence-electron chi connectivity index (χ3n) is 4.18. The van der Waals surface area contributed by atoms with Gasteiger partial charge in [-0.15, -0.1) is 0 Å². The lowest BCUT2D eigenvalue weighted by Crippen LogP contribution is -2.16. The van der Waals surface area contributed by atoms with Crippen LogP contribution in [0.1, 0.15) is 21.7 Å². The van der Waals surface area contributed by atoms with Crippen LogP contribution in [0.15, 0.2) is 41.1 Å². The number of anilines is 1. The number of amides is 1. The molecular formula is C19H22N4O5. The zero-order valence-electron chi connectivity index (χ0n) is 15.9. The SMILES string of the molecule is COc1ccc(Cn2nccc2NC(=O)c2coc(CN)c2)c(OC)c1OC. The van der Waals surface area contributed by atoms with Gasteiger partial charge in [0.1, 0.15) is 17.8 Å². The Bertz CT molecular complexity index is 963. The second-order valence-corrected chi connectivity index (χ2v) is 5.83. The van der Waals surface area contributed by atoms with Crippen molar-refractivity contribution in [3.05, 3.63) is 53.6 Å². The maximum absolute atomic E-state index is 12.4. The Hall–Kier alpha value is -3.46. The number of hydrogen-bond donors (Lipinski definition) is 2. The second-order valence-electron chi connectivity index (χ2n) is 5.83. The van der Waals surface area contributed by atoms with Crippen molar-refractivity contribution < 1.29 is 23.4 Å². The highest BCUT2D eigenvalue weighted by molar-refractivity contribution is 6.03. The van der Waals surface area contributed by atoms with Gasteiger partial charge in [0.2, 0.25) is 5.75 Å². The Labute approximate surface area is 162 Å². The van der Waals surface area contributed by atoms with E-state index in [4.69, 9.17) is 24.4 Å². The van der Waals surface area contributed by atoms with Gasteiger partial charge in [0, 0.05) is 11.6 Å². The van der Waals surface area contributed by atoms with Gasteiger partial charge in [-0.3, -0.25) is 4.79 Å². The first-order valence-electron chi connectivity index (χ1n) is 8.49. The quantitative estimate of drug-likeness (QED) is 0.610. The van der Waals surface area contributed by atoms with Gasteiger partial charge in [0.05, 0.1) is 46.2 Å². The number of hydrogen-bond acceptors (Lipinski definition) is 7. The van der Waals surface area contributed by atoms with Crippen LogP contribution in [0.25, 0.3) is 0 Å². The molecule has 9 heteroatoms. The van der Waals surface area contributed by atoms with Gasteiger partial charge in [-0.1, -0.05) is 0 Å². The van der Waals surface area contributed by atoms with Crippen molar-refractivity contribution in [3.8, 4) is 17.2 Å². The lowest BCUT2D eigenvalue weighted by molar-refractivity contribution is 0.102. The monoisotopic (exact) mass is 386 g/mol. The Morgan fingerprint density at radius 2 is 1.96 bits per heavy atom. The number of nitrogens with zero attached hydrogens (tertiary/aromatic N) is 2. The lowest BCUT2D eigenvalue weighted by Gasteiger charge is -2.16. The molecule has 1 aromatic carbocycles. The van der Waals surface area contributed by atoms with Gasteiger partial charge in [0.15, 0.2) is 11.5 Å². The fourth-order valence-electron chi connectivity index (χ4n) is 2.81. The topological polar surface area (TPSA) is 114 Å². The number of ether oxygens (including phenoxy) is 3. The summed E-state index contributed by atoms with van der Waals surface area (Å²) in [7, 11) is 4.66. The summed E-state index contributed by atoms with van der Waals surface area (Å²) in [6.45, 7) is 0.579. The van der Waals surface area contributed by atoms with Crippen LogP contribution in [0.3, 0.4) is 0 Å². The molecular weight excluding hydrogens is 364 g/mol. The van der Waals surface area contributed by atoms with Crippen LogP contribution < -0.4 is 25.3 Å². The van der Waals surface area contributed by atoms with E-state index in [1.807, 2.05) is 6.07 Å². The molecule has 0 atom stereocenters. The summed E-state index contributed by atoms with van der Waals surface area (Å²) in [6.07, 6.45) is 2.97. The molecule has 0 unspecified atom stereocenters. The van der Waals surface area contributed by atoms with Crippen LogP contribution in [0.4, 0.5) is 5.82 Å². The zero-order valence-corrected chi connectivity index (χ0v) is 15.9. The van der Waals surface area contributed by atoms with E-state index in [2.05, 4.69) is 10.4 Å². The molecule has 0 aliphatic rings. The van der Waals surface area contributed by atoms with Crippen molar-refractivity contribution in [2.75, 3.05) is 26.6 Å². The van der Waals surface area contributed by atoms with Crippen LogP contribution >= 0.6 is 0 Å². The largest absolute Gasteiger partial charge is 0.493 e. The molecule has 3 N–H and O–H groups in total. The molecule has 148 valence electrons. The summed E-state index contributed by atoms with van der Waals surface area (Å²) < 4.78 is 23.1. The number of carbonyl (C=O) groups excluding carboxylic acids is 1. The number of aromatic nitrogens is 2. The maximum Gasteiger partial charge on any atom is 0.260 e. The van der Waals surface area contributed by atoms with Crippen LogP contribution in [0.2, 0.25) is 0 Å². The molecule has 1 amide bonds. The van der Waals surface area contributed by atoms with E-state index < -0.39 is 0 Å². The Morgan fingerprint density at radius 1 is 1.18 bits per heavy atom. The molecule has 0 bridgehead atoms. The first kappa shape index (κ1) is 19.3. The van der Waals surface area contributed by atoms with Gasteiger partial charge in [0.25, 0.3) is 5.91 Å². The second kappa shape index (κ2) is 8.49. The number of carbonyl (C=O) groups is 1. The first-order valence-corrected chi connectivity index (χ1v) is 8.49. The molecule has 2 heterocycles. The van der Waals surface area contributed by atoms with Gasteiger partial charge in [-0.2, -0.15) is 5.10 Å². The molecule has 28 heavy (non-hydrogen) atoms. The Kier molecular flexibility index (Phi) is 5.85. The molecule has 0 saturated heterocycles. The Morgan fingerprint density at radius 3 is 2.61 bits per heavy atom. The van der Waals surface area contributed by atoms with E-state index in [1.54, 1.807) is 50.4 Å². The highest BCUT2D eigenvalue weighted by Gasteiger charge is 2.18. The van der Waals surface area contributed by atoms with Crippen molar-refractivity contribution in [2.45, 2.75) is 13.1 Å². The van der Waals surface area contributed by atoms with Crippen molar-refractivity contribution >= 4 is 11.7 Å². The molecule has 0 aliphatic carbocycles. The minimum atomic E-state index is -0.315. The van der Waals surface area contributed by atoms with Crippen molar-refractivity contribution in [1.82, 2.24) is 9.78 Å². The minimum Gasteiger partial charge on any atom is -0.493 e. The summed E-state index contributed by atoms with van der Waals surface area (Å²) in [6, 6.07) is 6.96. The number of benzene rings is 1. The fourth-order valence-corrected chi connectivity index (χ4v) is 2.81.